The summed E-state index contributed by atoms with van der Waals surface area (Å²) in [6.07, 6.45) is 3.50. The van der Waals surface area contributed by atoms with Crippen molar-refractivity contribution in [2.24, 2.45) is 4.99 Å². The van der Waals surface area contributed by atoms with Crippen LogP contribution >= 0.6 is 0 Å². The number of aromatic hydroxyl groups is 1. The van der Waals surface area contributed by atoms with E-state index in [4.69, 9.17) is 9.47 Å². The third-order valence-electron chi connectivity index (χ3n) is 4.28. The van der Waals surface area contributed by atoms with Crippen LogP contribution in [0.3, 0.4) is 0 Å². The third kappa shape index (κ3) is 3.87. The molecule has 0 aliphatic heterocycles. The zero-order valence-electron chi connectivity index (χ0n) is 15.0. The number of carboxylic acids is 1. The van der Waals surface area contributed by atoms with E-state index in [1.165, 1.54) is 20.4 Å². The number of ether oxygens (including phenoxy) is 2. The molecule has 1 heterocycles. The molecule has 0 saturated carbocycles. The number of aliphatic carboxylic acids is 1. The standard InChI is InChI=1S/C20H20N2O5/c1-26-17-7-12(8-18(27-2)19(17)23)10-21-16(20(24)25)9-13-11-22-15-6-4-3-5-14(13)15/h3-8,10-11,16,22-23H,9H2,1-2H3,(H,24,25)/b21-10+. The molecule has 140 valence electrons. The number of nitrogens with zero attached hydrogens (tertiary/aromatic N) is 1. The minimum absolute atomic E-state index is 0.120. The number of rotatable bonds is 7. The average Bonchev–Trinajstić information content (AvgIpc) is 3.08. The number of hydrogen-bond donors (Lipinski definition) is 3. The molecule has 0 fully saturated rings. The highest BCUT2D eigenvalue weighted by atomic mass is 16.5. The predicted octanol–water partition coefficient (Wildman–Crippen LogP) is 3.01. The Hall–Kier alpha value is -3.48. The van der Waals surface area contributed by atoms with E-state index in [1.54, 1.807) is 12.1 Å². The lowest BCUT2D eigenvalue weighted by Crippen LogP contribution is -2.20. The van der Waals surface area contributed by atoms with Gasteiger partial charge in [0.25, 0.3) is 0 Å². The second-order valence-electron chi connectivity index (χ2n) is 5.97. The molecular weight excluding hydrogens is 348 g/mol. The number of nitrogens with one attached hydrogen (secondary N) is 1. The van der Waals surface area contributed by atoms with Crippen LogP contribution in [-0.2, 0) is 11.2 Å². The van der Waals surface area contributed by atoms with Crippen molar-refractivity contribution in [2.75, 3.05) is 14.2 Å². The van der Waals surface area contributed by atoms with Crippen LogP contribution < -0.4 is 9.47 Å². The minimum Gasteiger partial charge on any atom is -0.502 e. The Morgan fingerprint density at radius 3 is 2.52 bits per heavy atom. The molecule has 0 spiro atoms. The van der Waals surface area contributed by atoms with Gasteiger partial charge >= 0.3 is 5.97 Å². The van der Waals surface area contributed by atoms with E-state index in [-0.39, 0.29) is 23.7 Å². The Balaban J connectivity index is 1.87. The van der Waals surface area contributed by atoms with Crippen LogP contribution in [0.5, 0.6) is 17.2 Å². The lowest BCUT2D eigenvalue weighted by molar-refractivity contribution is -0.138. The summed E-state index contributed by atoms with van der Waals surface area (Å²) in [5, 5.41) is 20.5. The van der Waals surface area contributed by atoms with Gasteiger partial charge < -0.3 is 24.7 Å². The average molecular weight is 368 g/mol. The van der Waals surface area contributed by atoms with Crippen LogP contribution in [0.1, 0.15) is 11.1 Å². The fraction of sp³-hybridized carbons (Fsp3) is 0.200. The van der Waals surface area contributed by atoms with E-state index < -0.39 is 12.0 Å². The molecule has 7 nitrogen and oxygen atoms in total. The summed E-state index contributed by atoms with van der Waals surface area (Å²) < 4.78 is 10.2. The molecule has 27 heavy (non-hydrogen) atoms. The summed E-state index contributed by atoms with van der Waals surface area (Å²) in [5.41, 5.74) is 2.40. The van der Waals surface area contributed by atoms with E-state index in [0.717, 1.165) is 16.5 Å². The van der Waals surface area contributed by atoms with Crippen molar-refractivity contribution in [3.8, 4) is 17.2 Å². The first-order chi connectivity index (χ1) is 13.0. The van der Waals surface area contributed by atoms with Crippen LogP contribution in [0.15, 0.2) is 47.6 Å². The first kappa shape index (κ1) is 18.3. The summed E-state index contributed by atoms with van der Waals surface area (Å²) in [4.78, 5) is 19.0. The fourth-order valence-electron chi connectivity index (χ4n) is 2.88. The Labute approximate surface area is 155 Å². The fourth-order valence-corrected chi connectivity index (χ4v) is 2.88. The van der Waals surface area contributed by atoms with Crippen molar-refractivity contribution in [3.63, 3.8) is 0 Å². The molecule has 1 unspecified atom stereocenters. The van der Waals surface area contributed by atoms with E-state index in [0.29, 0.717) is 5.56 Å². The Morgan fingerprint density at radius 1 is 1.22 bits per heavy atom. The molecule has 3 N–H and O–H groups in total. The van der Waals surface area contributed by atoms with Gasteiger partial charge in [0.05, 0.1) is 14.2 Å². The zero-order chi connectivity index (χ0) is 19.4. The summed E-state index contributed by atoms with van der Waals surface area (Å²) in [6, 6.07) is 9.88. The van der Waals surface area contributed by atoms with Gasteiger partial charge in [0.15, 0.2) is 17.5 Å². The molecule has 3 rings (SSSR count). The summed E-state index contributed by atoms with van der Waals surface area (Å²) in [7, 11) is 2.85. The van der Waals surface area contributed by atoms with Gasteiger partial charge in [-0.05, 0) is 29.3 Å². The Bertz CT molecular complexity index is 968. The van der Waals surface area contributed by atoms with Gasteiger partial charge in [-0.3, -0.25) is 4.99 Å². The Morgan fingerprint density at radius 2 is 1.89 bits per heavy atom. The first-order valence-corrected chi connectivity index (χ1v) is 8.29. The number of benzene rings is 2. The van der Waals surface area contributed by atoms with Crippen molar-refractivity contribution in [2.45, 2.75) is 12.5 Å². The zero-order valence-corrected chi connectivity index (χ0v) is 15.0. The van der Waals surface area contributed by atoms with Gasteiger partial charge in [-0.1, -0.05) is 18.2 Å². The van der Waals surface area contributed by atoms with Crippen LogP contribution in [-0.4, -0.2) is 47.6 Å². The maximum atomic E-state index is 11.7. The van der Waals surface area contributed by atoms with Crippen molar-refractivity contribution >= 4 is 23.1 Å². The van der Waals surface area contributed by atoms with E-state index >= 15 is 0 Å². The number of aliphatic imine (C=N–C) groups is 1. The SMILES string of the molecule is COc1cc(/C=N/C(Cc2c[nH]c3ccccc23)C(=O)O)cc(OC)c1O. The van der Waals surface area contributed by atoms with Gasteiger partial charge in [0, 0.05) is 29.7 Å². The third-order valence-corrected chi connectivity index (χ3v) is 4.28. The lowest BCUT2D eigenvalue weighted by Gasteiger charge is -2.10. The molecular formula is C20H20N2O5. The molecule has 7 heteroatoms. The summed E-state index contributed by atoms with van der Waals surface area (Å²) >= 11 is 0. The van der Waals surface area contributed by atoms with Gasteiger partial charge in [-0.15, -0.1) is 0 Å². The number of carbonyl (C=O) groups is 1. The number of hydrogen-bond acceptors (Lipinski definition) is 5. The monoisotopic (exact) mass is 368 g/mol. The largest absolute Gasteiger partial charge is 0.502 e. The van der Waals surface area contributed by atoms with Gasteiger partial charge in [-0.2, -0.15) is 0 Å². The maximum absolute atomic E-state index is 11.7. The van der Waals surface area contributed by atoms with Gasteiger partial charge in [-0.25, -0.2) is 4.79 Å². The number of methoxy groups -OCH3 is 2. The predicted molar refractivity (Wildman–Crippen MR) is 102 cm³/mol. The van der Waals surface area contributed by atoms with Gasteiger partial charge in [0.2, 0.25) is 5.75 Å². The highest BCUT2D eigenvalue weighted by Gasteiger charge is 2.18. The number of phenols is 1. The van der Waals surface area contributed by atoms with Crippen LogP contribution in [0.4, 0.5) is 0 Å². The quantitative estimate of drug-likeness (QED) is 0.556. The number of carboxylic acid groups (broad SMARTS) is 1. The molecule has 1 atom stereocenters. The van der Waals surface area contributed by atoms with Crippen molar-refractivity contribution in [3.05, 3.63) is 53.7 Å². The van der Waals surface area contributed by atoms with Crippen LogP contribution in [0, 0.1) is 0 Å². The highest BCUT2D eigenvalue weighted by Crippen LogP contribution is 2.36. The van der Waals surface area contributed by atoms with Crippen LogP contribution in [0.25, 0.3) is 10.9 Å². The molecule has 3 aromatic rings. The second kappa shape index (κ2) is 7.82. The minimum atomic E-state index is -1.02. The summed E-state index contributed by atoms with van der Waals surface area (Å²) in [6.45, 7) is 0. The number of aromatic amines is 1. The molecule has 0 bridgehead atoms. The summed E-state index contributed by atoms with van der Waals surface area (Å²) in [5.74, 6) is -0.696. The second-order valence-corrected chi connectivity index (χ2v) is 5.97. The molecule has 1 aromatic heterocycles. The van der Waals surface area contributed by atoms with Crippen molar-refractivity contribution < 1.29 is 24.5 Å². The van der Waals surface area contributed by atoms with E-state index in [2.05, 4.69) is 9.98 Å². The van der Waals surface area contributed by atoms with Crippen molar-refractivity contribution in [1.82, 2.24) is 4.98 Å². The molecule has 0 aliphatic rings. The normalized spacial score (nSPS) is 12.4. The van der Waals surface area contributed by atoms with Crippen LogP contribution in [0.2, 0.25) is 0 Å². The van der Waals surface area contributed by atoms with Gasteiger partial charge in [0.1, 0.15) is 0 Å². The van der Waals surface area contributed by atoms with E-state index in [1.807, 2.05) is 30.5 Å². The highest BCUT2D eigenvalue weighted by molar-refractivity contribution is 5.87. The molecule has 0 saturated heterocycles. The van der Waals surface area contributed by atoms with Crippen molar-refractivity contribution in [1.29, 1.82) is 0 Å². The molecule has 0 amide bonds. The molecule has 2 aromatic carbocycles. The number of H-pyrrole nitrogens is 1. The van der Waals surface area contributed by atoms with E-state index in [9.17, 15) is 15.0 Å². The number of phenolic OH excluding ortho intramolecular Hbond substituents is 1. The Kier molecular flexibility index (Phi) is 5.30. The molecule has 0 radical (unpaired) electrons. The first-order valence-electron chi connectivity index (χ1n) is 8.29. The topological polar surface area (TPSA) is 104 Å². The number of aromatic nitrogens is 1. The molecule has 0 aliphatic carbocycles. The number of para-hydroxylation sites is 1. The number of fused-ring (bicyclic) bond motifs is 1. The smallest absolute Gasteiger partial charge is 0.328 e. The maximum Gasteiger partial charge on any atom is 0.328 e. The lowest BCUT2D eigenvalue weighted by atomic mass is 10.1.